The van der Waals surface area contributed by atoms with Gasteiger partial charge in [0.25, 0.3) is 5.91 Å². The number of fused-ring (bicyclic) bond motifs is 1. The number of ether oxygens (including phenoxy) is 3. The van der Waals surface area contributed by atoms with Crippen molar-refractivity contribution in [2.24, 2.45) is 11.8 Å². The van der Waals surface area contributed by atoms with Crippen LogP contribution in [0.25, 0.3) is 0 Å². The number of carbonyl (C=O) groups is 4. The van der Waals surface area contributed by atoms with E-state index in [2.05, 4.69) is 29.1 Å². The molecule has 2 aromatic carbocycles. The van der Waals surface area contributed by atoms with Crippen molar-refractivity contribution >= 4 is 45.3 Å². The molecule has 3 aliphatic heterocycles. The lowest BCUT2D eigenvalue weighted by Gasteiger charge is -2.37. The summed E-state index contributed by atoms with van der Waals surface area (Å²) in [4.78, 5) is 60.4. The lowest BCUT2D eigenvalue weighted by atomic mass is 9.70. The number of likely N-dealkylation sites (tertiary alicyclic amines) is 1. The first-order chi connectivity index (χ1) is 23.5. The van der Waals surface area contributed by atoms with Gasteiger partial charge in [-0.15, -0.1) is 13.2 Å². The minimum atomic E-state index is -1.36. The van der Waals surface area contributed by atoms with Crippen molar-refractivity contribution in [1.82, 2.24) is 9.80 Å². The molecule has 12 heteroatoms. The number of methoxy groups -OCH3 is 1. The zero-order valence-electron chi connectivity index (χ0n) is 28.1. The van der Waals surface area contributed by atoms with E-state index >= 15 is 0 Å². The molecule has 3 heterocycles. The van der Waals surface area contributed by atoms with E-state index in [-0.39, 0.29) is 30.2 Å². The molecule has 2 bridgehead atoms. The number of aliphatic hydroxyl groups excluding tert-OH is 1. The number of β-amino-alcohol motifs (C(OH)–C–C–N with tert-alkyl or cyclic N) is 1. The molecule has 0 radical (unpaired) electrons. The Kier molecular flexibility index (Phi) is 11.3. The molecule has 0 aromatic heterocycles. The van der Waals surface area contributed by atoms with E-state index in [0.717, 1.165) is 0 Å². The van der Waals surface area contributed by atoms with Gasteiger partial charge in [-0.05, 0) is 49.6 Å². The molecule has 1 unspecified atom stereocenters. The Balaban J connectivity index is 1.49. The Morgan fingerprint density at radius 2 is 1.84 bits per heavy atom. The third-order valence-corrected chi connectivity index (χ3v) is 10.8. The molecule has 2 aromatic rings. The lowest BCUT2D eigenvalue weighted by Crippen LogP contribution is -2.57. The van der Waals surface area contributed by atoms with Crippen LogP contribution in [0.15, 0.2) is 79.9 Å². The molecule has 1 spiro atoms. The first kappa shape index (κ1) is 36.3. The number of amides is 3. The quantitative estimate of drug-likeness (QED) is 0.165. The van der Waals surface area contributed by atoms with Gasteiger partial charge in [-0.1, -0.05) is 58.4 Å². The van der Waals surface area contributed by atoms with Crippen LogP contribution in [0.1, 0.15) is 37.9 Å². The topological polar surface area (TPSA) is 126 Å². The molecule has 8 atom stereocenters. The van der Waals surface area contributed by atoms with E-state index in [1.54, 1.807) is 55.5 Å². The SMILES string of the molecule is C=CCCC(=O)N(C)[C@@H](C)[C@@H](OC(=O)[C@@H]1[C@H]2O[C@@]3(CC2Br)[C@H](C(=O)N(CC=C)c2ccc(OC)cc2)N(CCO)C(=O)[C@@H]13)c1ccccc1. The molecule has 0 aliphatic carbocycles. The van der Waals surface area contributed by atoms with Crippen molar-refractivity contribution in [3.05, 3.63) is 85.5 Å². The molecule has 262 valence electrons. The molecule has 49 heavy (non-hydrogen) atoms. The second kappa shape index (κ2) is 15.3. The minimum Gasteiger partial charge on any atom is -0.497 e. The second-order valence-electron chi connectivity index (χ2n) is 12.7. The van der Waals surface area contributed by atoms with Crippen molar-refractivity contribution < 1.29 is 38.5 Å². The first-order valence-electron chi connectivity index (χ1n) is 16.5. The monoisotopic (exact) mass is 737 g/mol. The molecule has 1 N–H and O–H groups in total. The number of hydrogen-bond donors (Lipinski definition) is 1. The van der Waals surface area contributed by atoms with Gasteiger partial charge < -0.3 is 34.0 Å². The van der Waals surface area contributed by atoms with Gasteiger partial charge in [0.05, 0.1) is 37.7 Å². The fraction of sp³-hybridized carbons (Fsp3) is 0.459. The lowest BCUT2D eigenvalue weighted by molar-refractivity contribution is -0.164. The molecule has 11 nitrogen and oxygen atoms in total. The van der Waals surface area contributed by atoms with Gasteiger partial charge in [0.2, 0.25) is 11.8 Å². The number of nitrogens with zero attached hydrogens (tertiary/aromatic N) is 3. The number of aliphatic hydroxyl groups is 1. The van der Waals surface area contributed by atoms with Crippen LogP contribution in [0.3, 0.4) is 0 Å². The maximum atomic E-state index is 14.6. The van der Waals surface area contributed by atoms with E-state index < -0.39 is 66.1 Å². The molecule has 0 saturated carbocycles. The Bertz CT molecular complexity index is 1550. The van der Waals surface area contributed by atoms with Gasteiger partial charge in [0.1, 0.15) is 23.5 Å². The van der Waals surface area contributed by atoms with E-state index in [1.807, 2.05) is 37.3 Å². The van der Waals surface area contributed by atoms with Crippen LogP contribution in [-0.4, -0.2) is 101 Å². The summed E-state index contributed by atoms with van der Waals surface area (Å²) in [5, 5.41) is 10.0. The largest absolute Gasteiger partial charge is 0.497 e. The highest BCUT2D eigenvalue weighted by molar-refractivity contribution is 9.09. The predicted octanol–water partition coefficient (Wildman–Crippen LogP) is 4.05. The number of rotatable bonds is 15. The van der Waals surface area contributed by atoms with Crippen molar-refractivity contribution in [3.8, 4) is 5.75 Å². The normalized spacial score (nSPS) is 26.4. The number of halogens is 1. The number of esters is 1. The molecule has 3 fully saturated rings. The Hall–Kier alpha value is -4.00. The van der Waals surface area contributed by atoms with Crippen molar-refractivity contribution in [2.75, 3.05) is 38.8 Å². The van der Waals surface area contributed by atoms with Crippen LogP contribution in [0.5, 0.6) is 5.75 Å². The number of allylic oxidation sites excluding steroid dienone is 1. The summed E-state index contributed by atoms with van der Waals surface area (Å²) in [6.07, 6.45) is 2.73. The van der Waals surface area contributed by atoms with E-state index in [1.165, 1.54) is 9.80 Å². The maximum absolute atomic E-state index is 14.6. The number of anilines is 1. The molecule has 3 saturated heterocycles. The van der Waals surface area contributed by atoms with Gasteiger partial charge in [-0.2, -0.15) is 0 Å². The van der Waals surface area contributed by atoms with Gasteiger partial charge in [-0.25, -0.2) is 0 Å². The maximum Gasteiger partial charge on any atom is 0.313 e. The Morgan fingerprint density at radius 3 is 2.45 bits per heavy atom. The number of likely N-dealkylation sites (N-methyl/N-ethyl adjacent to an activating group) is 1. The zero-order chi connectivity index (χ0) is 35.5. The van der Waals surface area contributed by atoms with Crippen molar-refractivity contribution in [1.29, 1.82) is 0 Å². The standard InChI is InChI=1S/C37H44BrN3O8/c1-6-8-14-28(43)39(4)23(3)31(24-12-10-9-11-13-24)48-36(46)29-30-34(44)41(20-21-42)33(37(30)22-27(38)32(29)49-37)35(45)40(19-7-2)25-15-17-26(47-5)18-16-25/h6-7,9-13,15-18,23,27,29-33,42H,1-2,8,14,19-22H2,3-5H3/t23-,27?,29-,30+,31+,32-,33-,37+/m0/s1. The fourth-order valence-corrected chi connectivity index (χ4v) is 8.45. The second-order valence-corrected chi connectivity index (χ2v) is 13.9. The third-order valence-electron chi connectivity index (χ3n) is 9.97. The first-order valence-corrected chi connectivity index (χ1v) is 17.4. The highest BCUT2D eigenvalue weighted by Crippen LogP contribution is 2.60. The number of benzene rings is 2. The van der Waals surface area contributed by atoms with Gasteiger partial charge in [0.15, 0.2) is 0 Å². The summed E-state index contributed by atoms with van der Waals surface area (Å²) >= 11 is 3.70. The minimum absolute atomic E-state index is 0.123. The number of hydrogen-bond acceptors (Lipinski definition) is 8. The highest BCUT2D eigenvalue weighted by atomic mass is 79.9. The Morgan fingerprint density at radius 1 is 1.14 bits per heavy atom. The van der Waals surface area contributed by atoms with E-state index in [0.29, 0.717) is 29.8 Å². The summed E-state index contributed by atoms with van der Waals surface area (Å²) in [6, 6.07) is 14.4. The summed E-state index contributed by atoms with van der Waals surface area (Å²) in [7, 11) is 3.22. The summed E-state index contributed by atoms with van der Waals surface area (Å²) in [5.41, 5.74) is -0.108. The van der Waals surface area contributed by atoms with Gasteiger partial charge >= 0.3 is 5.97 Å². The Labute approximate surface area is 295 Å². The summed E-state index contributed by atoms with van der Waals surface area (Å²) in [6.45, 7) is 8.98. The van der Waals surface area contributed by atoms with E-state index in [4.69, 9.17) is 14.2 Å². The summed E-state index contributed by atoms with van der Waals surface area (Å²) in [5.74, 6) is -3.11. The molecular weight excluding hydrogens is 694 g/mol. The van der Waals surface area contributed by atoms with Crippen LogP contribution >= 0.6 is 15.9 Å². The molecular formula is C37H44BrN3O8. The predicted molar refractivity (Wildman–Crippen MR) is 187 cm³/mol. The van der Waals surface area contributed by atoms with Crippen LogP contribution < -0.4 is 9.64 Å². The summed E-state index contributed by atoms with van der Waals surface area (Å²) < 4.78 is 18.2. The van der Waals surface area contributed by atoms with Gasteiger partial charge in [0, 0.05) is 37.1 Å². The zero-order valence-corrected chi connectivity index (χ0v) is 29.7. The van der Waals surface area contributed by atoms with Crippen molar-refractivity contribution in [2.45, 2.75) is 60.9 Å². The average molecular weight is 739 g/mol. The average Bonchev–Trinajstić information content (AvgIpc) is 3.71. The number of alkyl halides is 1. The van der Waals surface area contributed by atoms with Crippen molar-refractivity contribution in [3.63, 3.8) is 0 Å². The van der Waals surface area contributed by atoms with Crippen LogP contribution in [0.2, 0.25) is 0 Å². The van der Waals surface area contributed by atoms with Crippen LogP contribution in [0, 0.1) is 11.8 Å². The van der Waals surface area contributed by atoms with Gasteiger partial charge in [-0.3, -0.25) is 19.2 Å². The molecule has 3 aliphatic rings. The number of carbonyl (C=O) groups excluding carboxylic acids is 4. The third kappa shape index (κ3) is 6.65. The fourth-order valence-electron chi connectivity index (χ4n) is 7.51. The van der Waals surface area contributed by atoms with Crippen LogP contribution in [-0.2, 0) is 28.7 Å². The van der Waals surface area contributed by atoms with E-state index in [9.17, 15) is 24.3 Å². The molecule has 3 amide bonds. The smallest absolute Gasteiger partial charge is 0.313 e. The van der Waals surface area contributed by atoms with Crippen LogP contribution in [0.4, 0.5) is 5.69 Å². The molecule has 5 rings (SSSR count). The highest BCUT2D eigenvalue weighted by Gasteiger charge is 2.77.